The highest BCUT2D eigenvalue weighted by Crippen LogP contribution is 2.41. The molecule has 1 N–H and O–H groups in total. The van der Waals surface area contributed by atoms with E-state index in [9.17, 15) is 0 Å². The van der Waals surface area contributed by atoms with E-state index in [1.54, 1.807) is 19.6 Å². The maximum Gasteiger partial charge on any atom is 0.162 e. The zero-order valence-corrected chi connectivity index (χ0v) is 19.1. The Kier molecular flexibility index (Phi) is 6.32. The van der Waals surface area contributed by atoms with Crippen LogP contribution in [0.2, 0.25) is 0 Å². The number of nitrogens with one attached hydrogen (secondary N) is 1. The molecule has 0 spiro atoms. The number of pyridine rings is 1. The third kappa shape index (κ3) is 4.28. The van der Waals surface area contributed by atoms with Gasteiger partial charge in [-0.05, 0) is 67.9 Å². The number of aromatic nitrogens is 2. The molecule has 7 nitrogen and oxygen atoms in total. The Morgan fingerprint density at radius 2 is 1.71 bits per heavy atom. The van der Waals surface area contributed by atoms with Gasteiger partial charge >= 0.3 is 0 Å². The van der Waals surface area contributed by atoms with E-state index in [-0.39, 0.29) is 0 Å². The lowest BCUT2D eigenvalue weighted by atomic mass is 9.97. The second-order valence-electron chi connectivity index (χ2n) is 8.13. The van der Waals surface area contributed by atoms with E-state index in [1.807, 2.05) is 52.9 Å². The standard InChI is InChI=1S/C23H17N3O3.C4H9N/c1-27-21-11-18(16-4-2-15(12-24)3-5-16)23(26-14-25-13-19(21)26)17-6-7-20-22(10-17)29-9-8-28-20;1-2-4-5-3-1/h2-7,10-11,13-14H,8-9H2,1H3;5H,1-4H2. The molecule has 2 aromatic heterocycles. The van der Waals surface area contributed by atoms with E-state index in [2.05, 4.69) is 16.4 Å². The number of rotatable bonds is 3. The highest BCUT2D eigenvalue weighted by Gasteiger charge is 2.19. The molecule has 0 bridgehead atoms. The minimum Gasteiger partial charge on any atom is -0.494 e. The van der Waals surface area contributed by atoms with Crippen molar-refractivity contribution in [2.24, 2.45) is 0 Å². The van der Waals surface area contributed by atoms with Crippen molar-refractivity contribution < 1.29 is 14.2 Å². The first kappa shape index (κ1) is 21.8. The molecule has 172 valence electrons. The van der Waals surface area contributed by atoms with E-state index in [0.29, 0.717) is 18.8 Å². The fourth-order valence-electron chi connectivity index (χ4n) is 4.28. The summed E-state index contributed by atoms with van der Waals surface area (Å²) in [6, 6.07) is 17.6. The van der Waals surface area contributed by atoms with Gasteiger partial charge in [-0.25, -0.2) is 4.98 Å². The first-order chi connectivity index (χ1) is 16.8. The summed E-state index contributed by atoms with van der Waals surface area (Å²) in [7, 11) is 1.65. The SMILES string of the molecule is C1CCNC1.COc1cc(-c2ccc(C#N)cc2)c(-c2ccc3c(c2)OCCO3)n2cncc12. The van der Waals surface area contributed by atoms with Gasteiger partial charge in [0.2, 0.25) is 0 Å². The van der Waals surface area contributed by atoms with Crippen LogP contribution < -0.4 is 19.5 Å². The molecule has 0 saturated carbocycles. The van der Waals surface area contributed by atoms with E-state index in [4.69, 9.17) is 19.5 Å². The number of nitriles is 1. The highest BCUT2D eigenvalue weighted by molar-refractivity contribution is 5.87. The number of benzene rings is 2. The largest absolute Gasteiger partial charge is 0.494 e. The van der Waals surface area contributed by atoms with Gasteiger partial charge in [-0.2, -0.15) is 5.26 Å². The van der Waals surface area contributed by atoms with Crippen molar-refractivity contribution in [1.82, 2.24) is 14.7 Å². The van der Waals surface area contributed by atoms with Crippen LogP contribution in [-0.4, -0.2) is 42.8 Å². The number of hydrogen-bond donors (Lipinski definition) is 1. The Morgan fingerprint density at radius 1 is 0.971 bits per heavy atom. The van der Waals surface area contributed by atoms with Gasteiger partial charge in [0, 0.05) is 11.1 Å². The van der Waals surface area contributed by atoms with Gasteiger partial charge < -0.3 is 19.5 Å². The van der Waals surface area contributed by atoms with Gasteiger partial charge in [0.15, 0.2) is 11.5 Å². The van der Waals surface area contributed by atoms with Gasteiger partial charge in [-0.15, -0.1) is 0 Å². The van der Waals surface area contributed by atoms with E-state index >= 15 is 0 Å². The Hall–Kier alpha value is -4.02. The van der Waals surface area contributed by atoms with Crippen LogP contribution in [-0.2, 0) is 0 Å². The first-order valence-electron chi connectivity index (χ1n) is 11.4. The van der Waals surface area contributed by atoms with E-state index in [0.717, 1.165) is 45.1 Å². The number of methoxy groups -OCH3 is 1. The van der Waals surface area contributed by atoms with Gasteiger partial charge in [0.25, 0.3) is 0 Å². The third-order valence-corrected chi connectivity index (χ3v) is 5.98. The summed E-state index contributed by atoms with van der Waals surface area (Å²) < 4.78 is 19.1. The number of nitrogens with zero attached hydrogens (tertiary/aromatic N) is 3. The van der Waals surface area contributed by atoms with Crippen LogP contribution in [0.15, 0.2) is 61.1 Å². The second kappa shape index (κ2) is 9.86. The third-order valence-electron chi connectivity index (χ3n) is 5.98. The molecule has 4 heterocycles. The number of fused-ring (bicyclic) bond motifs is 2. The van der Waals surface area contributed by atoms with Gasteiger partial charge in [-0.3, -0.25) is 4.40 Å². The van der Waals surface area contributed by atoms with Crippen LogP contribution in [0.1, 0.15) is 18.4 Å². The first-order valence-corrected chi connectivity index (χ1v) is 11.4. The molecule has 0 unspecified atom stereocenters. The summed E-state index contributed by atoms with van der Waals surface area (Å²) in [4.78, 5) is 4.33. The molecule has 1 saturated heterocycles. The summed E-state index contributed by atoms with van der Waals surface area (Å²) in [6.45, 7) is 3.58. The Bertz CT molecular complexity index is 1330. The molecule has 4 aromatic rings. The maximum atomic E-state index is 9.13. The molecule has 0 aliphatic carbocycles. The predicted molar refractivity (Wildman–Crippen MR) is 130 cm³/mol. The number of imidazole rings is 1. The maximum absolute atomic E-state index is 9.13. The Balaban J connectivity index is 0.000000429. The topological polar surface area (TPSA) is 80.8 Å². The fraction of sp³-hybridized carbons (Fsp3) is 0.259. The summed E-state index contributed by atoms with van der Waals surface area (Å²) in [6.07, 6.45) is 6.33. The lowest BCUT2D eigenvalue weighted by molar-refractivity contribution is 0.171. The van der Waals surface area contributed by atoms with Crippen LogP contribution >= 0.6 is 0 Å². The lowest BCUT2D eigenvalue weighted by Gasteiger charge is -2.20. The molecular formula is C27H26N4O3. The van der Waals surface area contributed by atoms with Crippen molar-refractivity contribution >= 4 is 5.52 Å². The van der Waals surface area contributed by atoms with Crippen molar-refractivity contribution in [3.63, 3.8) is 0 Å². The van der Waals surface area contributed by atoms with Gasteiger partial charge in [-0.1, -0.05) is 12.1 Å². The zero-order valence-electron chi connectivity index (χ0n) is 19.1. The van der Waals surface area contributed by atoms with E-state index in [1.165, 1.54) is 25.9 Å². The summed E-state index contributed by atoms with van der Waals surface area (Å²) in [5.41, 5.74) is 5.36. The molecule has 2 aliphatic rings. The van der Waals surface area contributed by atoms with Crippen LogP contribution in [0, 0.1) is 11.3 Å². The molecule has 1 fully saturated rings. The van der Waals surface area contributed by atoms with Crippen molar-refractivity contribution in [3.05, 3.63) is 66.6 Å². The quantitative estimate of drug-likeness (QED) is 0.484. The molecule has 0 radical (unpaired) electrons. The minimum atomic E-state index is 0.530. The summed E-state index contributed by atoms with van der Waals surface area (Å²) in [5.74, 6) is 2.20. The van der Waals surface area contributed by atoms with Gasteiger partial charge in [0.1, 0.15) is 24.5 Å². The van der Waals surface area contributed by atoms with Crippen LogP contribution in [0.25, 0.3) is 27.9 Å². The molecule has 0 atom stereocenters. The second-order valence-corrected chi connectivity index (χ2v) is 8.13. The molecule has 2 aromatic carbocycles. The molecule has 7 heteroatoms. The lowest BCUT2D eigenvalue weighted by Crippen LogP contribution is -2.15. The normalized spacial score (nSPS) is 14.2. The van der Waals surface area contributed by atoms with Crippen molar-refractivity contribution in [3.8, 4) is 45.7 Å². The van der Waals surface area contributed by atoms with Crippen molar-refractivity contribution in [1.29, 1.82) is 5.26 Å². The average molecular weight is 455 g/mol. The number of ether oxygens (including phenoxy) is 3. The fourth-order valence-corrected chi connectivity index (χ4v) is 4.28. The van der Waals surface area contributed by atoms with Crippen molar-refractivity contribution in [2.75, 3.05) is 33.4 Å². The highest BCUT2D eigenvalue weighted by atomic mass is 16.6. The van der Waals surface area contributed by atoms with Gasteiger partial charge in [0.05, 0.1) is 37.0 Å². The Labute approximate surface area is 198 Å². The Morgan fingerprint density at radius 3 is 2.38 bits per heavy atom. The summed E-state index contributed by atoms with van der Waals surface area (Å²) in [5, 5.41) is 12.4. The van der Waals surface area contributed by atoms with Crippen molar-refractivity contribution in [2.45, 2.75) is 12.8 Å². The van der Waals surface area contributed by atoms with Crippen LogP contribution in [0.4, 0.5) is 0 Å². The summed E-state index contributed by atoms with van der Waals surface area (Å²) >= 11 is 0. The molecular weight excluding hydrogens is 428 g/mol. The average Bonchev–Trinajstić information content (AvgIpc) is 3.63. The predicted octanol–water partition coefficient (Wildman–Crippen LogP) is 4.69. The van der Waals surface area contributed by atoms with Crippen LogP contribution in [0.3, 0.4) is 0 Å². The molecule has 34 heavy (non-hydrogen) atoms. The molecule has 0 amide bonds. The zero-order chi connectivity index (χ0) is 23.3. The molecule has 6 rings (SSSR count). The van der Waals surface area contributed by atoms with Crippen LogP contribution in [0.5, 0.6) is 17.2 Å². The number of hydrogen-bond acceptors (Lipinski definition) is 6. The van der Waals surface area contributed by atoms with E-state index < -0.39 is 0 Å². The molecule has 2 aliphatic heterocycles. The monoisotopic (exact) mass is 454 g/mol. The smallest absolute Gasteiger partial charge is 0.162 e. The minimum absolute atomic E-state index is 0.530.